The van der Waals surface area contributed by atoms with Crippen LogP contribution in [0, 0.1) is 0 Å². The molecule has 0 aromatic carbocycles. The molecule has 8 nitrogen and oxygen atoms in total. The van der Waals surface area contributed by atoms with Crippen LogP contribution >= 0.6 is 0 Å². The molecule has 0 aromatic rings. The number of rotatable bonds is 16. The molecular formula is C22H32F12O8PtSi2+2. The molecule has 0 atom stereocenters. The molecule has 0 bridgehead atoms. The van der Waals surface area contributed by atoms with Crippen molar-refractivity contribution in [3.05, 3.63) is 0 Å². The zero-order valence-corrected chi connectivity index (χ0v) is 28.8. The Bertz CT molecular complexity index is 836. The number of hydrogen-bond acceptors (Lipinski definition) is 8. The van der Waals surface area contributed by atoms with Crippen LogP contribution in [-0.4, -0.2) is 93.4 Å². The number of hydrogen-bond donors (Lipinski definition) is 0. The molecule has 0 N–H and O–H groups in total. The van der Waals surface area contributed by atoms with Crippen molar-refractivity contribution in [3.63, 3.8) is 0 Å². The smallest absolute Gasteiger partial charge is 0.397 e. The van der Waals surface area contributed by atoms with Crippen molar-refractivity contribution in [2.75, 3.05) is 28.4 Å². The van der Waals surface area contributed by atoms with Crippen molar-refractivity contribution in [2.45, 2.75) is 87.4 Å². The van der Waals surface area contributed by atoms with Gasteiger partial charge in [0.15, 0.2) is 0 Å². The van der Waals surface area contributed by atoms with Crippen LogP contribution in [0.25, 0.3) is 0 Å². The first-order valence-electron chi connectivity index (χ1n) is 12.4. The maximum Gasteiger partial charge on any atom is 2.00 e. The van der Waals surface area contributed by atoms with Gasteiger partial charge in [-0.3, -0.25) is 19.2 Å². The van der Waals surface area contributed by atoms with Crippen molar-refractivity contribution in [1.82, 2.24) is 0 Å². The number of Topliss-reactive ketones (excluding diaryl/α,β-unsaturated/α-hetero) is 4. The van der Waals surface area contributed by atoms with E-state index in [1.165, 1.54) is 0 Å². The Morgan fingerprint density at radius 1 is 0.489 bits per heavy atom. The molecule has 268 valence electrons. The summed E-state index contributed by atoms with van der Waals surface area (Å²) in [7, 11) is -5.40. The Morgan fingerprint density at radius 2 is 0.667 bits per heavy atom. The predicted molar refractivity (Wildman–Crippen MR) is 131 cm³/mol. The first kappa shape index (κ1) is 48.2. The minimum absolute atomic E-state index is 0. The van der Waals surface area contributed by atoms with Gasteiger partial charge in [-0.25, -0.2) is 0 Å². The fourth-order valence-electron chi connectivity index (χ4n) is 3.87. The molecule has 23 heteroatoms. The predicted octanol–water partition coefficient (Wildman–Crippen LogP) is 6.31. The van der Waals surface area contributed by atoms with Gasteiger partial charge in [0.25, 0.3) is 0 Å². The molecule has 0 saturated carbocycles. The van der Waals surface area contributed by atoms with E-state index in [1.807, 2.05) is 0 Å². The normalized spacial score (nSPS) is 13.2. The van der Waals surface area contributed by atoms with Crippen LogP contribution in [0.4, 0.5) is 52.7 Å². The van der Waals surface area contributed by atoms with Crippen LogP contribution in [0.3, 0.4) is 0 Å². The molecule has 0 rings (SSSR count). The zero-order chi connectivity index (χ0) is 35.5. The van der Waals surface area contributed by atoms with E-state index in [4.69, 9.17) is 17.7 Å². The molecule has 0 heterocycles. The summed E-state index contributed by atoms with van der Waals surface area (Å²) in [5, 5.41) is 0. The first-order valence-corrected chi connectivity index (χ1v) is 16.6. The van der Waals surface area contributed by atoms with Gasteiger partial charge in [0.2, 0.25) is 23.1 Å². The molecule has 45 heavy (non-hydrogen) atoms. The Labute approximate surface area is 266 Å². The van der Waals surface area contributed by atoms with Crippen LogP contribution < -0.4 is 0 Å². The molecule has 0 aromatic heterocycles. The maximum absolute atomic E-state index is 12.6. The van der Waals surface area contributed by atoms with E-state index >= 15 is 0 Å². The zero-order valence-electron chi connectivity index (χ0n) is 24.5. The number of halogens is 12. The number of carbonyl (C=O) groups excluding carboxylic acids is 4. The molecule has 0 fully saturated rings. The van der Waals surface area contributed by atoms with Crippen molar-refractivity contribution in [3.8, 4) is 0 Å². The van der Waals surface area contributed by atoms with Crippen LogP contribution in [-0.2, 0) is 57.9 Å². The summed E-state index contributed by atoms with van der Waals surface area (Å²) in [6, 6.07) is -0.685. The van der Waals surface area contributed by atoms with Crippen LogP contribution in [0.1, 0.15) is 39.5 Å². The third kappa shape index (κ3) is 13.4. The minimum Gasteiger partial charge on any atom is -0.397 e. The molecule has 0 radical (unpaired) electrons. The van der Waals surface area contributed by atoms with Gasteiger partial charge in [-0.15, -0.1) is 0 Å². The van der Waals surface area contributed by atoms with Crippen LogP contribution in [0.2, 0.25) is 23.2 Å². The molecular weight excluding hydrogens is 871 g/mol. The molecule has 0 saturated heterocycles. The molecule has 0 aliphatic carbocycles. The van der Waals surface area contributed by atoms with Crippen LogP contribution in [0.15, 0.2) is 0 Å². The van der Waals surface area contributed by atoms with Gasteiger partial charge in [-0.1, -0.05) is 39.5 Å². The van der Waals surface area contributed by atoms with E-state index in [0.717, 1.165) is 28.4 Å². The van der Waals surface area contributed by atoms with Gasteiger partial charge in [0.05, 0.1) is 0 Å². The maximum atomic E-state index is 12.6. The van der Waals surface area contributed by atoms with Crippen molar-refractivity contribution in [2.24, 2.45) is 0 Å². The quantitative estimate of drug-likeness (QED) is 0.101. The summed E-state index contributed by atoms with van der Waals surface area (Å²) >= 11 is 0. The van der Waals surface area contributed by atoms with Gasteiger partial charge in [0, 0.05) is 28.4 Å². The second-order valence-electron chi connectivity index (χ2n) is 8.96. The monoisotopic (exact) mass is 903 g/mol. The molecule has 0 aliphatic heterocycles. The number of ketones is 4. The Hall–Kier alpha value is -1.20. The molecule has 0 unspecified atom stereocenters. The fraction of sp³-hybridized carbons (Fsp3) is 0.818. The van der Waals surface area contributed by atoms with Crippen molar-refractivity contribution in [1.29, 1.82) is 0 Å². The summed E-state index contributed by atoms with van der Waals surface area (Å²) in [6.45, 7) is 3.27. The SMILES string of the molecule is CCCC[Si](OC)(OC)C(C(=O)C(F)(F)F)C(=O)C(F)(F)F.CCCC[Si](OC)(OC)C(C(=O)C(F)(F)F)C(=O)C(F)(F)F.[Pt+2]. The summed E-state index contributed by atoms with van der Waals surface area (Å²) in [5.74, 6) is -11.2. The van der Waals surface area contributed by atoms with E-state index in [1.54, 1.807) is 13.8 Å². The summed E-state index contributed by atoms with van der Waals surface area (Å²) in [5.41, 5.74) is -6.07. The minimum atomic E-state index is -5.60. The second-order valence-corrected chi connectivity index (χ2v) is 16.0. The second kappa shape index (κ2) is 19.0. The standard InChI is InChI=1S/2C11H16F6O4Si.Pt/c2*1-4-5-6-22(20-2,21-3)7(8(18)10(12,13)14)9(19)11(15,16)17;/h2*7H,4-6H2,1-3H3;/q;;+2. The van der Waals surface area contributed by atoms with E-state index < -0.39 is 76.0 Å². The summed E-state index contributed by atoms with van der Waals surface area (Å²) in [6.07, 6.45) is -21.3. The van der Waals surface area contributed by atoms with Crippen molar-refractivity contribution < 1.29 is 111 Å². The topological polar surface area (TPSA) is 105 Å². The Kier molecular flexibility index (Phi) is 20.3. The van der Waals surface area contributed by atoms with E-state index in [0.29, 0.717) is 12.8 Å². The number of alkyl halides is 12. The van der Waals surface area contributed by atoms with Gasteiger partial charge >= 0.3 is 62.9 Å². The van der Waals surface area contributed by atoms with E-state index in [9.17, 15) is 71.9 Å². The average Bonchev–Trinajstić information content (AvgIpc) is 2.90. The van der Waals surface area contributed by atoms with E-state index in [2.05, 4.69) is 0 Å². The number of carbonyl (C=O) groups is 4. The Balaban J connectivity index is -0.000000767. The average molecular weight is 904 g/mol. The Morgan fingerprint density at radius 3 is 0.778 bits per heavy atom. The van der Waals surface area contributed by atoms with Gasteiger partial charge in [-0.2, -0.15) is 52.7 Å². The van der Waals surface area contributed by atoms with Crippen molar-refractivity contribution >= 4 is 40.3 Å². The van der Waals surface area contributed by atoms with E-state index in [-0.39, 0.29) is 46.0 Å². The molecule has 0 amide bonds. The number of unbranched alkanes of at least 4 members (excludes halogenated alkanes) is 2. The fourth-order valence-corrected chi connectivity index (χ4v) is 10.5. The summed E-state index contributed by atoms with van der Waals surface area (Å²) < 4.78 is 170. The molecule has 0 aliphatic rings. The van der Waals surface area contributed by atoms with Gasteiger partial charge in [0.1, 0.15) is 11.1 Å². The largest absolute Gasteiger partial charge is 2.00 e. The molecule has 0 spiro atoms. The van der Waals surface area contributed by atoms with Gasteiger partial charge < -0.3 is 17.7 Å². The third-order valence-electron chi connectivity index (χ3n) is 6.19. The first-order chi connectivity index (χ1) is 19.7. The third-order valence-corrected chi connectivity index (χ3v) is 13.9. The summed E-state index contributed by atoms with van der Waals surface area (Å²) in [4.78, 5) is 45.6. The van der Waals surface area contributed by atoms with Gasteiger partial charge in [-0.05, 0) is 12.1 Å². The van der Waals surface area contributed by atoms with Crippen LogP contribution in [0.5, 0.6) is 0 Å².